The van der Waals surface area contributed by atoms with Crippen LogP contribution in [0.3, 0.4) is 0 Å². The van der Waals surface area contributed by atoms with Crippen LogP contribution in [0.5, 0.6) is 0 Å². The van der Waals surface area contributed by atoms with E-state index in [0.717, 1.165) is 0 Å². The summed E-state index contributed by atoms with van der Waals surface area (Å²) in [5, 5.41) is 11.9. The van der Waals surface area contributed by atoms with Crippen LogP contribution in [0.2, 0.25) is 0 Å². The van der Waals surface area contributed by atoms with E-state index in [-0.39, 0.29) is 12.1 Å². The highest BCUT2D eigenvalue weighted by Gasteiger charge is 2.27. The molecule has 0 heterocycles. The molecule has 2 unspecified atom stereocenters. The predicted octanol–water partition coefficient (Wildman–Crippen LogP) is 0.665. The zero-order valence-electron chi connectivity index (χ0n) is 7.00. The van der Waals surface area contributed by atoms with Crippen molar-refractivity contribution < 1.29 is 4.74 Å². The van der Waals surface area contributed by atoms with Gasteiger partial charge < -0.3 is 4.74 Å². The predicted molar refractivity (Wildman–Crippen MR) is 42.0 cm³/mol. The van der Waals surface area contributed by atoms with Gasteiger partial charge in [-0.2, -0.15) is 5.26 Å². The summed E-state index contributed by atoms with van der Waals surface area (Å²) in [5.41, 5.74) is 0. The average Bonchev–Trinajstić information content (AvgIpc) is 2.82. The van der Waals surface area contributed by atoms with E-state index in [1.807, 2.05) is 6.92 Å². The zero-order valence-corrected chi connectivity index (χ0v) is 7.00. The molecule has 0 aliphatic heterocycles. The van der Waals surface area contributed by atoms with Gasteiger partial charge in [0.1, 0.15) is 6.04 Å². The summed E-state index contributed by atoms with van der Waals surface area (Å²) >= 11 is 0. The molecule has 0 aromatic carbocycles. The van der Waals surface area contributed by atoms with Crippen molar-refractivity contribution in [3.8, 4) is 6.07 Å². The lowest BCUT2D eigenvalue weighted by Gasteiger charge is -2.16. The minimum Gasteiger partial charge on any atom is -0.379 e. The van der Waals surface area contributed by atoms with Crippen LogP contribution in [0, 0.1) is 11.3 Å². The zero-order chi connectivity index (χ0) is 8.27. The Morgan fingerprint density at radius 1 is 1.64 bits per heavy atom. The fourth-order valence-corrected chi connectivity index (χ4v) is 0.918. The Kier molecular flexibility index (Phi) is 2.86. The van der Waals surface area contributed by atoms with Gasteiger partial charge in [-0.1, -0.05) is 0 Å². The van der Waals surface area contributed by atoms with E-state index in [9.17, 15) is 0 Å². The molecular weight excluding hydrogens is 140 g/mol. The second-order valence-corrected chi connectivity index (χ2v) is 2.99. The lowest BCUT2D eigenvalue weighted by atomic mass is 10.2. The van der Waals surface area contributed by atoms with Gasteiger partial charge in [-0.15, -0.1) is 0 Å². The van der Waals surface area contributed by atoms with E-state index < -0.39 is 0 Å². The summed E-state index contributed by atoms with van der Waals surface area (Å²) in [4.78, 5) is 0. The molecule has 0 saturated heterocycles. The van der Waals surface area contributed by atoms with Gasteiger partial charge in [0.05, 0.1) is 12.2 Å². The first-order chi connectivity index (χ1) is 5.27. The summed E-state index contributed by atoms with van der Waals surface area (Å²) in [6.07, 6.45) is 2.39. The molecule has 1 N–H and O–H groups in total. The maximum Gasteiger partial charge on any atom is 0.122 e. The van der Waals surface area contributed by atoms with Crippen LogP contribution in [-0.2, 0) is 4.74 Å². The van der Waals surface area contributed by atoms with Gasteiger partial charge >= 0.3 is 0 Å². The van der Waals surface area contributed by atoms with Crippen LogP contribution in [0.15, 0.2) is 0 Å². The fraction of sp³-hybridized carbons (Fsp3) is 0.875. The Labute approximate surface area is 67.3 Å². The number of nitrogens with zero attached hydrogens (tertiary/aromatic N) is 1. The highest BCUT2D eigenvalue weighted by atomic mass is 16.5. The fourth-order valence-electron chi connectivity index (χ4n) is 0.918. The smallest absolute Gasteiger partial charge is 0.122 e. The summed E-state index contributed by atoms with van der Waals surface area (Å²) in [5.74, 6) is 0. The first-order valence-corrected chi connectivity index (χ1v) is 3.96. The number of nitrogens with one attached hydrogen (secondary N) is 1. The molecule has 1 aliphatic rings. The van der Waals surface area contributed by atoms with Gasteiger partial charge in [-0.05, 0) is 19.8 Å². The molecule has 0 bridgehead atoms. The summed E-state index contributed by atoms with van der Waals surface area (Å²) in [7, 11) is 1.63. The molecule has 0 aromatic heterocycles. The summed E-state index contributed by atoms with van der Waals surface area (Å²) < 4.78 is 5.05. The number of rotatable bonds is 4. The number of nitriles is 1. The standard InChI is InChI=1S/C8H14N2O/c1-6(11-2)8(5-9)10-7-3-4-7/h6-8,10H,3-4H2,1-2H3. The first kappa shape index (κ1) is 8.51. The van der Waals surface area contributed by atoms with Crippen LogP contribution < -0.4 is 5.32 Å². The van der Waals surface area contributed by atoms with Crippen molar-refractivity contribution in [3.63, 3.8) is 0 Å². The molecule has 0 amide bonds. The normalized spacial score (nSPS) is 22.3. The Morgan fingerprint density at radius 3 is 2.64 bits per heavy atom. The molecule has 1 saturated carbocycles. The molecule has 1 aliphatic carbocycles. The van der Waals surface area contributed by atoms with Crippen molar-refractivity contribution in [2.45, 2.75) is 38.0 Å². The Bertz CT molecular complexity index is 160. The molecule has 3 nitrogen and oxygen atoms in total. The van der Waals surface area contributed by atoms with Crippen molar-refractivity contribution in [1.29, 1.82) is 5.26 Å². The van der Waals surface area contributed by atoms with Gasteiger partial charge in [0.2, 0.25) is 0 Å². The molecular formula is C8H14N2O. The number of hydrogen-bond acceptors (Lipinski definition) is 3. The maximum absolute atomic E-state index is 8.71. The molecule has 1 rings (SSSR count). The van der Waals surface area contributed by atoms with E-state index in [4.69, 9.17) is 10.00 Å². The number of ether oxygens (including phenoxy) is 1. The first-order valence-electron chi connectivity index (χ1n) is 3.96. The van der Waals surface area contributed by atoms with E-state index in [1.54, 1.807) is 7.11 Å². The topological polar surface area (TPSA) is 45.0 Å². The molecule has 1 fully saturated rings. The molecule has 0 aromatic rings. The number of hydrogen-bond donors (Lipinski definition) is 1. The monoisotopic (exact) mass is 154 g/mol. The van der Waals surface area contributed by atoms with Crippen LogP contribution in [0.4, 0.5) is 0 Å². The largest absolute Gasteiger partial charge is 0.379 e. The third-order valence-electron chi connectivity index (χ3n) is 1.97. The van der Waals surface area contributed by atoms with Crippen molar-refractivity contribution >= 4 is 0 Å². The van der Waals surface area contributed by atoms with Gasteiger partial charge in [0.15, 0.2) is 0 Å². The maximum atomic E-state index is 8.71. The van der Waals surface area contributed by atoms with Crippen LogP contribution in [0.25, 0.3) is 0 Å². The SMILES string of the molecule is COC(C)C(C#N)NC1CC1. The molecule has 11 heavy (non-hydrogen) atoms. The molecule has 0 spiro atoms. The Hall–Kier alpha value is -0.590. The Balaban J connectivity index is 2.29. The Morgan fingerprint density at radius 2 is 2.27 bits per heavy atom. The highest BCUT2D eigenvalue weighted by Crippen LogP contribution is 2.20. The third kappa shape index (κ3) is 2.49. The van der Waals surface area contributed by atoms with Crippen LogP contribution >= 0.6 is 0 Å². The molecule has 62 valence electrons. The number of methoxy groups -OCH3 is 1. The summed E-state index contributed by atoms with van der Waals surface area (Å²) in [6, 6.07) is 2.61. The van der Waals surface area contributed by atoms with Crippen molar-refractivity contribution in [2.24, 2.45) is 0 Å². The highest BCUT2D eigenvalue weighted by molar-refractivity contribution is 4.98. The van der Waals surface area contributed by atoms with E-state index in [1.165, 1.54) is 12.8 Å². The quantitative estimate of drug-likeness (QED) is 0.647. The summed E-state index contributed by atoms with van der Waals surface area (Å²) in [6.45, 7) is 1.91. The van der Waals surface area contributed by atoms with Crippen molar-refractivity contribution in [1.82, 2.24) is 5.32 Å². The molecule has 0 radical (unpaired) electrons. The minimum absolute atomic E-state index is 0.0133. The second kappa shape index (κ2) is 3.70. The average molecular weight is 154 g/mol. The van der Waals surface area contributed by atoms with Crippen LogP contribution in [0.1, 0.15) is 19.8 Å². The van der Waals surface area contributed by atoms with Crippen LogP contribution in [-0.4, -0.2) is 25.3 Å². The third-order valence-corrected chi connectivity index (χ3v) is 1.97. The van der Waals surface area contributed by atoms with E-state index in [0.29, 0.717) is 6.04 Å². The molecule has 2 atom stereocenters. The minimum atomic E-state index is -0.146. The van der Waals surface area contributed by atoms with Gasteiger partial charge in [0.25, 0.3) is 0 Å². The lowest BCUT2D eigenvalue weighted by Crippen LogP contribution is -2.39. The second-order valence-electron chi connectivity index (χ2n) is 2.99. The van der Waals surface area contributed by atoms with E-state index >= 15 is 0 Å². The van der Waals surface area contributed by atoms with Gasteiger partial charge in [-0.3, -0.25) is 5.32 Å². The van der Waals surface area contributed by atoms with Crippen molar-refractivity contribution in [3.05, 3.63) is 0 Å². The van der Waals surface area contributed by atoms with Gasteiger partial charge in [-0.25, -0.2) is 0 Å². The van der Waals surface area contributed by atoms with E-state index in [2.05, 4.69) is 11.4 Å². The van der Waals surface area contributed by atoms with Crippen molar-refractivity contribution in [2.75, 3.05) is 7.11 Å². The lowest BCUT2D eigenvalue weighted by molar-refractivity contribution is 0.0985. The van der Waals surface area contributed by atoms with Gasteiger partial charge in [0, 0.05) is 13.2 Å². The molecule has 3 heteroatoms.